The molecule has 1 heterocycles. The van der Waals surface area contributed by atoms with Gasteiger partial charge in [0.2, 0.25) is 10.0 Å². The second-order valence-electron chi connectivity index (χ2n) is 3.90. The Hall–Kier alpha value is -1.33. The molecule has 4 nitrogen and oxygen atoms in total. The van der Waals surface area contributed by atoms with Crippen LogP contribution < -0.4 is 4.72 Å². The molecule has 0 radical (unpaired) electrons. The Balaban J connectivity index is 2.46. The molecule has 0 unspecified atom stereocenters. The van der Waals surface area contributed by atoms with Gasteiger partial charge in [-0.1, -0.05) is 0 Å². The summed E-state index contributed by atoms with van der Waals surface area (Å²) in [5, 5.41) is 0.892. The molecule has 0 saturated carbocycles. The maximum Gasteiger partial charge on any atom is 0.240 e. The van der Waals surface area contributed by atoms with E-state index in [0.29, 0.717) is 5.58 Å². The molecule has 0 spiro atoms. The van der Waals surface area contributed by atoms with Crippen molar-refractivity contribution in [1.29, 1.82) is 0 Å². The summed E-state index contributed by atoms with van der Waals surface area (Å²) in [6.07, 6.45) is 1.54. The molecule has 0 saturated heterocycles. The third-order valence-corrected chi connectivity index (χ3v) is 3.79. The number of rotatable bonds is 3. The van der Waals surface area contributed by atoms with E-state index >= 15 is 0 Å². The molecule has 86 valence electrons. The van der Waals surface area contributed by atoms with Crippen molar-refractivity contribution in [3.8, 4) is 0 Å². The van der Waals surface area contributed by atoms with Gasteiger partial charge in [-0.2, -0.15) is 0 Å². The standard InChI is InChI=1S/C11H13NO3S/c1-8(2)12-16(13,14)10-4-3-9-5-6-15-11(9)7-10/h3-8,12H,1-2H3. The summed E-state index contributed by atoms with van der Waals surface area (Å²) in [5.74, 6) is 0. The molecule has 0 fully saturated rings. The fraction of sp³-hybridized carbons (Fsp3) is 0.273. The van der Waals surface area contributed by atoms with Crippen LogP contribution in [0.2, 0.25) is 0 Å². The lowest BCUT2D eigenvalue weighted by atomic mass is 10.3. The minimum atomic E-state index is -3.44. The molecule has 0 atom stereocenters. The zero-order valence-electron chi connectivity index (χ0n) is 9.10. The van der Waals surface area contributed by atoms with Crippen LogP contribution in [0.3, 0.4) is 0 Å². The molecule has 0 aliphatic carbocycles. The van der Waals surface area contributed by atoms with Crippen molar-refractivity contribution in [2.45, 2.75) is 24.8 Å². The van der Waals surface area contributed by atoms with Crippen molar-refractivity contribution in [3.05, 3.63) is 30.5 Å². The van der Waals surface area contributed by atoms with E-state index in [1.165, 1.54) is 12.3 Å². The molecule has 0 bridgehead atoms. The molecule has 1 N–H and O–H groups in total. The molecule has 1 aromatic heterocycles. The smallest absolute Gasteiger partial charge is 0.240 e. The molecule has 0 aliphatic rings. The highest BCUT2D eigenvalue weighted by Crippen LogP contribution is 2.19. The zero-order valence-corrected chi connectivity index (χ0v) is 9.91. The minimum Gasteiger partial charge on any atom is -0.464 e. The van der Waals surface area contributed by atoms with E-state index < -0.39 is 10.0 Å². The van der Waals surface area contributed by atoms with Crippen LogP contribution in [-0.2, 0) is 10.0 Å². The maximum absolute atomic E-state index is 11.9. The van der Waals surface area contributed by atoms with E-state index in [4.69, 9.17) is 4.42 Å². The van der Waals surface area contributed by atoms with Gasteiger partial charge >= 0.3 is 0 Å². The minimum absolute atomic E-state index is 0.128. The molecule has 0 aliphatic heterocycles. The lowest BCUT2D eigenvalue weighted by Crippen LogP contribution is -2.30. The monoisotopic (exact) mass is 239 g/mol. The maximum atomic E-state index is 11.9. The highest BCUT2D eigenvalue weighted by Gasteiger charge is 2.15. The third kappa shape index (κ3) is 2.10. The van der Waals surface area contributed by atoms with Gasteiger partial charge in [-0.25, -0.2) is 13.1 Å². The molecule has 2 aromatic rings. The average molecular weight is 239 g/mol. The van der Waals surface area contributed by atoms with E-state index in [1.807, 2.05) is 0 Å². The zero-order chi connectivity index (χ0) is 11.8. The average Bonchev–Trinajstić information content (AvgIpc) is 2.61. The molecule has 0 amide bonds. The first-order valence-electron chi connectivity index (χ1n) is 4.98. The molecule has 1 aromatic carbocycles. The molecule has 2 rings (SSSR count). The van der Waals surface area contributed by atoms with Crippen LogP contribution in [0.1, 0.15) is 13.8 Å². The Labute approximate surface area is 94.3 Å². The normalized spacial score (nSPS) is 12.4. The van der Waals surface area contributed by atoms with Crippen LogP contribution >= 0.6 is 0 Å². The van der Waals surface area contributed by atoms with Crippen LogP contribution in [0.5, 0.6) is 0 Å². The first kappa shape index (κ1) is 11.2. The molecule has 5 heteroatoms. The van der Waals surface area contributed by atoms with Crippen LogP contribution in [0.4, 0.5) is 0 Å². The Morgan fingerprint density at radius 3 is 2.69 bits per heavy atom. The number of benzene rings is 1. The lowest BCUT2D eigenvalue weighted by Gasteiger charge is -2.09. The van der Waals surface area contributed by atoms with Gasteiger partial charge in [-0.15, -0.1) is 0 Å². The van der Waals surface area contributed by atoms with E-state index in [9.17, 15) is 8.42 Å². The topological polar surface area (TPSA) is 59.3 Å². The summed E-state index contributed by atoms with van der Waals surface area (Å²) in [6, 6.07) is 6.50. The fourth-order valence-corrected chi connectivity index (χ4v) is 2.75. The molecular formula is C11H13NO3S. The van der Waals surface area contributed by atoms with Crippen LogP contribution in [-0.4, -0.2) is 14.5 Å². The van der Waals surface area contributed by atoms with Gasteiger partial charge in [-0.3, -0.25) is 0 Å². The number of nitrogens with one attached hydrogen (secondary N) is 1. The van der Waals surface area contributed by atoms with E-state index in [1.54, 1.807) is 32.0 Å². The quantitative estimate of drug-likeness (QED) is 0.892. The van der Waals surface area contributed by atoms with Gasteiger partial charge in [0.15, 0.2) is 0 Å². The number of hydrogen-bond acceptors (Lipinski definition) is 3. The third-order valence-electron chi connectivity index (χ3n) is 2.13. The predicted molar refractivity (Wildman–Crippen MR) is 61.7 cm³/mol. The van der Waals surface area contributed by atoms with Gasteiger partial charge in [0.1, 0.15) is 5.58 Å². The Bertz CT molecular complexity index is 598. The fourth-order valence-electron chi connectivity index (χ4n) is 1.48. The lowest BCUT2D eigenvalue weighted by molar-refractivity contribution is 0.569. The first-order chi connectivity index (χ1) is 7.49. The van der Waals surface area contributed by atoms with Crippen molar-refractivity contribution >= 4 is 21.0 Å². The first-order valence-corrected chi connectivity index (χ1v) is 6.47. The van der Waals surface area contributed by atoms with Gasteiger partial charge in [-0.05, 0) is 32.0 Å². The van der Waals surface area contributed by atoms with Crippen molar-refractivity contribution in [1.82, 2.24) is 4.72 Å². The highest BCUT2D eigenvalue weighted by atomic mass is 32.2. The highest BCUT2D eigenvalue weighted by molar-refractivity contribution is 7.89. The van der Waals surface area contributed by atoms with E-state index in [0.717, 1.165) is 5.39 Å². The van der Waals surface area contributed by atoms with Crippen LogP contribution in [0.15, 0.2) is 39.8 Å². The van der Waals surface area contributed by atoms with Crippen LogP contribution in [0, 0.1) is 0 Å². The number of hydrogen-bond donors (Lipinski definition) is 1. The van der Waals surface area contributed by atoms with E-state index in [-0.39, 0.29) is 10.9 Å². The Morgan fingerprint density at radius 1 is 1.25 bits per heavy atom. The van der Waals surface area contributed by atoms with Gasteiger partial charge in [0, 0.05) is 17.5 Å². The van der Waals surface area contributed by atoms with Crippen LogP contribution in [0.25, 0.3) is 11.0 Å². The summed E-state index contributed by atoms with van der Waals surface area (Å²) in [6.45, 7) is 3.56. The Morgan fingerprint density at radius 2 is 2.00 bits per heavy atom. The summed E-state index contributed by atoms with van der Waals surface area (Å²) in [5.41, 5.74) is 0.576. The summed E-state index contributed by atoms with van der Waals surface area (Å²) >= 11 is 0. The number of fused-ring (bicyclic) bond motifs is 1. The predicted octanol–water partition coefficient (Wildman–Crippen LogP) is 2.12. The van der Waals surface area contributed by atoms with Crippen molar-refractivity contribution in [3.63, 3.8) is 0 Å². The molecule has 16 heavy (non-hydrogen) atoms. The SMILES string of the molecule is CC(C)NS(=O)(=O)c1ccc2ccoc2c1. The summed E-state index contributed by atoms with van der Waals surface area (Å²) < 4.78 is 31.4. The van der Waals surface area contributed by atoms with Gasteiger partial charge in [0.25, 0.3) is 0 Å². The summed E-state index contributed by atoms with van der Waals surface area (Å²) in [7, 11) is -3.44. The van der Waals surface area contributed by atoms with Gasteiger partial charge < -0.3 is 4.42 Å². The summed E-state index contributed by atoms with van der Waals surface area (Å²) in [4.78, 5) is 0.226. The van der Waals surface area contributed by atoms with Crippen molar-refractivity contribution < 1.29 is 12.8 Å². The van der Waals surface area contributed by atoms with Gasteiger partial charge in [0.05, 0.1) is 11.2 Å². The number of furan rings is 1. The second-order valence-corrected chi connectivity index (χ2v) is 5.61. The largest absolute Gasteiger partial charge is 0.464 e. The second kappa shape index (κ2) is 3.92. The van der Waals surface area contributed by atoms with E-state index in [2.05, 4.69) is 4.72 Å². The van der Waals surface area contributed by atoms with Crippen molar-refractivity contribution in [2.75, 3.05) is 0 Å². The van der Waals surface area contributed by atoms with Crippen molar-refractivity contribution in [2.24, 2.45) is 0 Å². The molecular weight excluding hydrogens is 226 g/mol. The Kier molecular flexibility index (Phi) is 2.73. The number of sulfonamides is 1.